The summed E-state index contributed by atoms with van der Waals surface area (Å²) in [4.78, 5) is 32.5. The minimum absolute atomic E-state index is 0.0379. The third kappa shape index (κ3) is 3.71. The van der Waals surface area contributed by atoms with Crippen LogP contribution in [-0.4, -0.2) is 33.2 Å². The molecule has 164 valence electrons. The Morgan fingerprint density at radius 1 is 1.27 bits per heavy atom. The van der Waals surface area contributed by atoms with Crippen molar-refractivity contribution in [3.05, 3.63) is 39.9 Å². The molecule has 2 aromatic rings. The molecule has 1 aliphatic heterocycles. The lowest BCUT2D eigenvalue weighted by atomic mass is 9.81. The van der Waals surface area contributed by atoms with E-state index in [2.05, 4.69) is 15.3 Å². The fraction of sp³-hybridized carbons (Fsp3) is 0.571. The lowest BCUT2D eigenvalue weighted by Crippen LogP contribution is -2.46. The second-order valence-electron chi connectivity index (χ2n) is 9.17. The minimum atomic E-state index is -4.55. The van der Waals surface area contributed by atoms with Crippen molar-refractivity contribution in [3.63, 3.8) is 0 Å². The van der Waals surface area contributed by atoms with Gasteiger partial charge in [-0.15, -0.1) is 0 Å². The maximum atomic E-state index is 13.6. The highest BCUT2D eigenvalue weighted by atomic mass is 19.4. The van der Waals surface area contributed by atoms with Gasteiger partial charge in [-0.1, -0.05) is 13.8 Å². The molecule has 1 fully saturated rings. The molecule has 4 atom stereocenters. The Morgan fingerprint density at radius 3 is 2.43 bits per heavy atom. The zero-order valence-electron chi connectivity index (χ0n) is 17.8. The van der Waals surface area contributed by atoms with Gasteiger partial charge in [0.1, 0.15) is 11.8 Å². The molecule has 0 bridgehead atoms. The summed E-state index contributed by atoms with van der Waals surface area (Å²) in [5, 5.41) is 2.84. The number of aromatic amines is 1. The van der Waals surface area contributed by atoms with Crippen LogP contribution in [0.1, 0.15) is 63.8 Å². The van der Waals surface area contributed by atoms with Crippen molar-refractivity contribution < 1.29 is 22.7 Å². The van der Waals surface area contributed by atoms with Gasteiger partial charge in [0.25, 0.3) is 5.91 Å². The fourth-order valence-electron chi connectivity index (χ4n) is 3.86. The van der Waals surface area contributed by atoms with Crippen LogP contribution in [-0.2, 0) is 4.74 Å². The highest BCUT2D eigenvalue weighted by Gasteiger charge is 2.63. The highest BCUT2D eigenvalue weighted by molar-refractivity contribution is 6.04. The fourth-order valence-corrected chi connectivity index (χ4v) is 3.86. The average molecular weight is 425 g/mol. The molecule has 0 aliphatic carbocycles. The maximum Gasteiger partial charge on any atom is 0.417 e. The van der Waals surface area contributed by atoms with E-state index in [1.165, 1.54) is 25.3 Å². The minimum Gasteiger partial charge on any atom is -0.356 e. The standard InChI is InChI=1S/C21H26F3N3O3/c1-10-11(2)20(6,21(22,23)24)30-17(10)13-9-14(28)15-12(26-13)7-8-25-16(15)18(29)27-19(3,4)5/h7-11,17H,1-6H3,(H,26,28)(H,27,29)/t10-,11+,17-,20-/m1/s1. The Hall–Kier alpha value is -2.42. The molecule has 0 radical (unpaired) electrons. The van der Waals surface area contributed by atoms with Gasteiger partial charge in [0.2, 0.25) is 0 Å². The predicted octanol–water partition coefficient (Wildman–Crippen LogP) is 4.12. The number of hydrogen-bond acceptors (Lipinski definition) is 4. The number of nitrogens with one attached hydrogen (secondary N) is 2. The van der Waals surface area contributed by atoms with Gasteiger partial charge in [0.05, 0.1) is 10.9 Å². The summed E-state index contributed by atoms with van der Waals surface area (Å²) in [7, 11) is 0. The van der Waals surface area contributed by atoms with E-state index in [1.807, 2.05) is 0 Å². The molecule has 0 saturated carbocycles. The van der Waals surface area contributed by atoms with Gasteiger partial charge >= 0.3 is 6.18 Å². The number of alkyl halides is 3. The molecule has 1 amide bonds. The molecule has 30 heavy (non-hydrogen) atoms. The number of fused-ring (bicyclic) bond motifs is 1. The van der Waals surface area contributed by atoms with Gasteiger partial charge in [-0.25, -0.2) is 0 Å². The van der Waals surface area contributed by atoms with Crippen molar-refractivity contribution in [3.8, 4) is 0 Å². The number of nitrogens with zero attached hydrogens (tertiary/aromatic N) is 1. The molecular weight excluding hydrogens is 399 g/mol. The number of hydrogen-bond donors (Lipinski definition) is 2. The topological polar surface area (TPSA) is 84.1 Å². The van der Waals surface area contributed by atoms with E-state index >= 15 is 0 Å². The second-order valence-corrected chi connectivity index (χ2v) is 9.17. The van der Waals surface area contributed by atoms with Gasteiger partial charge in [-0.3, -0.25) is 14.6 Å². The van der Waals surface area contributed by atoms with Gasteiger partial charge in [0, 0.05) is 23.5 Å². The van der Waals surface area contributed by atoms with E-state index in [1.54, 1.807) is 27.7 Å². The molecule has 0 unspecified atom stereocenters. The summed E-state index contributed by atoms with van der Waals surface area (Å²) in [6.07, 6.45) is -4.11. The van der Waals surface area contributed by atoms with Crippen LogP contribution in [0.15, 0.2) is 23.1 Å². The number of carbonyl (C=O) groups excluding carboxylic acids is 1. The molecule has 3 rings (SSSR count). The monoisotopic (exact) mass is 425 g/mol. The van der Waals surface area contributed by atoms with Crippen LogP contribution in [0.25, 0.3) is 10.9 Å². The molecule has 0 spiro atoms. The molecule has 9 heteroatoms. The third-order valence-electron chi connectivity index (χ3n) is 5.84. The van der Waals surface area contributed by atoms with E-state index in [9.17, 15) is 22.8 Å². The molecule has 6 nitrogen and oxygen atoms in total. The third-order valence-corrected chi connectivity index (χ3v) is 5.84. The molecule has 1 saturated heterocycles. The Balaban J connectivity index is 2.07. The molecule has 0 aromatic carbocycles. The molecule has 1 aliphatic rings. The summed E-state index contributed by atoms with van der Waals surface area (Å²) in [5.41, 5.74) is -2.83. The van der Waals surface area contributed by atoms with Crippen LogP contribution in [0.5, 0.6) is 0 Å². The van der Waals surface area contributed by atoms with Crippen molar-refractivity contribution in [1.82, 2.24) is 15.3 Å². The van der Waals surface area contributed by atoms with E-state index in [0.29, 0.717) is 5.52 Å². The molecule has 3 heterocycles. The number of ether oxygens (including phenoxy) is 1. The van der Waals surface area contributed by atoms with Crippen molar-refractivity contribution in [2.24, 2.45) is 11.8 Å². The number of carbonyl (C=O) groups is 1. The first-order valence-corrected chi connectivity index (χ1v) is 9.74. The SMILES string of the molecule is C[C@H]1[C@H](c2cc(=O)c3c(C(=O)NC(C)(C)C)nccc3[nH]2)O[C@@](C)(C(F)(F)F)[C@H]1C. The van der Waals surface area contributed by atoms with Crippen molar-refractivity contribution in [1.29, 1.82) is 0 Å². The Kier molecular flexibility index (Phi) is 5.25. The van der Waals surface area contributed by atoms with E-state index in [-0.39, 0.29) is 16.8 Å². The van der Waals surface area contributed by atoms with Crippen molar-refractivity contribution in [2.45, 2.75) is 65.0 Å². The summed E-state index contributed by atoms with van der Waals surface area (Å²) >= 11 is 0. The number of halogens is 3. The van der Waals surface area contributed by atoms with E-state index in [4.69, 9.17) is 4.74 Å². The van der Waals surface area contributed by atoms with Gasteiger partial charge in [0.15, 0.2) is 11.0 Å². The van der Waals surface area contributed by atoms with Crippen LogP contribution in [0.4, 0.5) is 13.2 Å². The van der Waals surface area contributed by atoms with Crippen LogP contribution < -0.4 is 10.7 Å². The van der Waals surface area contributed by atoms with E-state index < -0.39 is 46.6 Å². The normalized spacial score (nSPS) is 27.4. The predicted molar refractivity (Wildman–Crippen MR) is 106 cm³/mol. The van der Waals surface area contributed by atoms with Crippen LogP contribution in [0.3, 0.4) is 0 Å². The maximum absolute atomic E-state index is 13.6. The first-order valence-electron chi connectivity index (χ1n) is 9.74. The van der Waals surface area contributed by atoms with Gasteiger partial charge < -0.3 is 15.0 Å². The van der Waals surface area contributed by atoms with Crippen LogP contribution in [0, 0.1) is 11.8 Å². The highest BCUT2D eigenvalue weighted by Crippen LogP contribution is 2.53. The summed E-state index contributed by atoms with van der Waals surface area (Å²) < 4.78 is 46.3. The number of H-pyrrole nitrogens is 1. The Morgan fingerprint density at radius 2 is 1.90 bits per heavy atom. The molecule has 2 aromatic heterocycles. The van der Waals surface area contributed by atoms with Crippen molar-refractivity contribution in [2.75, 3.05) is 0 Å². The second kappa shape index (κ2) is 7.08. The molecular formula is C21H26F3N3O3. The first-order chi connectivity index (χ1) is 13.7. The van der Waals surface area contributed by atoms with Crippen molar-refractivity contribution >= 4 is 16.8 Å². The smallest absolute Gasteiger partial charge is 0.356 e. The van der Waals surface area contributed by atoms with Crippen LogP contribution in [0.2, 0.25) is 0 Å². The zero-order chi connectivity index (χ0) is 22.6. The number of rotatable bonds is 2. The zero-order valence-corrected chi connectivity index (χ0v) is 17.8. The van der Waals surface area contributed by atoms with Gasteiger partial charge in [-0.2, -0.15) is 13.2 Å². The van der Waals surface area contributed by atoms with E-state index in [0.717, 1.165) is 6.92 Å². The number of amides is 1. The van der Waals surface area contributed by atoms with Gasteiger partial charge in [-0.05, 0) is 45.6 Å². The summed E-state index contributed by atoms with van der Waals surface area (Å²) in [6, 6.07) is 2.72. The lowest BCUT2D eigenvalue weighted by Gasteiger charge is -2.31. The quantitative estimate of drug-likeness (QED) is 0.758. The number of aromatic nitrogens is 2. The molecule has 2 N–H and O–H groups in total. The van der Waals surface area contributed by atoms with Crippen LogP contribution >= 0.6 is 0 Å². The average Bonchev–Trinajstić information content (AvgIpc) is 2.84. The summed E-state index contributed by atoms with van der Waals surface area (Å²) in [6.45, 7) is 9.61. The Bertz CT molecular complexity index is 1040. The Labute approximate surface area is 172 Å². The summed E-state index contributed by atoms with van der Waals surface area (Å²) in [5.74, 6) is -1.81. The lowest BCUT2D eigenvalue weighted by molar-refractivity contribution is -0.275. The largest absolute Gasteiger partial charge is 0.417 e. The first kappa shape index (κ1) is 22.3. The number of pyridine rings is 2.